The fraction of sp³-hybridized carbons (Fsp3) is 0.375. The lowest BCUT2D eigenvalue weighted by Gasteiger charge is -2.23. The zero-order valence-corrected chi connectivity index (χ0v) is 14.3. The van der Waals surface area contributed by atoms with Crippen LogP contribution in [0.2, 0.25) is 0 Å². The van der Waals surface area contributed by atoms with Crippen LogP contribution in [0.3, 0.4) is 0 Å². The van der Waals surface area contributed by atoms with Crippen molar-refractivity contribution in [1.29, 1.82) is 0 Å². The number of nitrogens with one attached hydrogen (secondary N) is 1. The van der Waals surface area contributed by atoms with Crippen LogP contribution in [0.1, 0.15) is 25.8 Å². The number of aryl methyl sites for hydroxylation is 1. The smallest absolute Gasteiger partial charge is 0.224 e. The van der Waals surface area contributed by atoms with E-state index in [9.17, 15) is 0 Å². The summed E-state index contributed by atoms with van der Waals surface area (Å²) in [5.74, 6) is 1.55. The van der Waals surface area contributed by atoms with Crippen molar-refractivity contribution in [2.24, 2.45) is 0 Å². The summed E-state index contributed by atoms with van der Waals surface area (Å²) in [4.78, 5) is 11.1. The summed E-state index contributed by atoms with van der Waals surface area (Å²) >= 11 is 3.56. The molecular formula is C16H21BrN4. The highest BCUT2D eigenvalue weighted by molar-refractivity contribution is 9.10. The van der Waals surface area contributed by atoms with Gasteiger partial charge in [-0.1, -0.05) is 24.6 Å². The molecule has 0 spiro atoms. The molecule has 0 bridgehead atoms. The van der Waals surface area contributed by atoms with E-state index >= 15 is 0 Å². The van der Waals surface area contributed by atoms with Crippen molar-refractivity contribution in [2.75, 3.05) is 23.3 Å². The Bertz CT molecular complexity index is 583. The first-order chi connectivity index (χ1) is 10.2. The van der Waals surface area contributed by atoms with Gasteiger partial charge in [0.15, 0.2) is 5.82 Å². The normalized spacial score (nSPS) is 10.5. The van der Waals surface area contributed by atoms with E-state index in [1.54, 1.807) is 6.20 Å². The molecule has 4 nitrogen and oxygen atoms in total. The van der Waals surface area contributed by atoms with Gasteiger partial charge in [-0.15, -0.1) is 0 Å². The van der Waals surface area contributed by atoms with Crippen LogP contribution in [0.15, 0.2) is 34.9 Å². The van der Waals surface area contributed by atoms with Crippen molar-refractivity contribution in [3.05, 3.63) is 40.5 Å². The van der Waals surface area contributed by atoms with Crippen LogP contribution in [0, 0.1) is 6.92 Å². The molecule has 0 fully saturated rings. The largest absolute Gasteiger partial charge is 0.354 e. The van der Waals surface area contributed by atoms with Gasteiger partial charge in [-0.2, -0.15) is 4.98 Å². The van der Waals surface area contributed by atoms with Gasteiger partial charge in [0.25, 0.3) is 0 Å². The fourth-order valence-electron chi connectivity index (χ4n) is 2.05. The monoisotopic (exact) mass is 348 g/mol. The standard InChI is InChI=1S/C16H21BrN4/c1-4-10-18-16-19-11-14(17)15(20-16)21(5-2)13-8-6-12(3)7-9-13/h6-9,11H,4-5,10H2,1-3H3,(H,18,19,20). The molecule has 2 aromatic rings. The molecule has 1 aromatic carbocycles. The summed E-state index contributed by atoms with van der Waals surface area (Å²) in [5, 5.41) is 3.23. The summed E-state index contributed by atoms with van der Waals surface area (Å²) in [5.41, 5.74) is 2.38. The molecule has 0 unspecified atom stereocenters. The van der Waals surface area contributed by atoms with E-state index in [1.807, 2.05) is 0 Å². The van der Waals surface area contributed by atoms with Gasteiger partial charge >= 0.3 is 0 Å². The fourth-order valence-corrected chi connectivity index (χ4v) is 2.45. The third kappa shape index (κ3) is 3.94. The van der Waals surface area contributed by atoms with Gasteiger partial charge in [0, 0.05) is 25.0 Å². The minimum absolute atomic E-state index is 0.667. The van der Waals surface area contributed by atoms with E-state index < -0.39 is 0 Å². The highest BCUT2D eigenvalue weighted by atomic mass is 79.9. The highest BCUT2D eigenvalue weighted by Crippen LogP contribution is 2.30. The Hall–Kier alpha value is -1.62. The Kier molecular flexibility index (Phi) is 5.56. The number of halogens is 1. The zero-order valence-electron chi connectivity index (χ0n) is 12.7. The van der Waals surface area contributed by atoms with Crippen LogP contribution in [0.5, 0.6) is 0 Å². The third-order valence-corrected chi connectivity index (χ3v) is 3.74. The molecule has 0 aliphatic heterocycles. The maximum Gasteiger partial charge on any atom is 0.224 e. The maximum atomic E-state index is 4.64. The summed E-state index contributed by atoms with van der Waals surface area (Å²) in [6.45, 7) is 8.04. The predicted octanol–water partition coefficient (Wildman–Crippen LogP) is 4.53. The van der Waals surface area contributed by atoms with Crippen molar-refractivity contribution in [3.8, 4) is 0 Å². The van der Waals surface area contributed by atoms with Crippen LogP contribution < -0.4 is 10.2 Å². The molecule has 112 valence electrons. The van der Waals surface area contributed by atoms with Crippen molar-refractivity contribution in [3.63, 3.8) is 0 Å². The molecule has 0 saturated carbocycles. The minimum atomic E-state index is 0.667. The van der Waals surface area contributed by atoms with Gasteiger partial charge in [-0.05, 0) is 48.3 Å². The molecule has 21 heavy (non-hydrogen) atoms. The number of hydrogen-bond acceptors (Lipinski definition) is 4. The molecule has 0 amide bonds. The Labute approximate surface area is 134 Å². The van der Waals surface area contributed by atoms with E-state index in [-0.39, 0.29) is 0 Å². The Morgan fingerprint density at radius 3 is 2.52 bits per heavy atom. The van der Waals surface area contributed by atoms with E-state index in [1.165, 1.54) is 5.56 Å². The maximum absolute atomic E-state index is 4.64. The predicted molar refractivity (Wildman–Crippen MR) is 92.4 cm³/mol. The number of anilines is 3. The van der Waals surface area contributed by atoms with E-state index in [0.29, 0.717) is 5.95 Å². The van der Waals surface area contributed by atoms with Crippen LogP contribution in [0.4, 0.5) is 17.5 Å². The zero-order chi connectivity index (χ0) is 15.2. The first-order valence-electron chi connectivity index (χ1n) is 7.26. The Morgan fingerprint density at radius 2 is 1.90 bits per heavy atom. The number of hydrogen-bond donors (Lipinski definition) is 1. The lowest BCUT2D eigenvalue weighted by Crippen LogP contribution is -2.19. The van der Waals surface area contributed by atoms with Gasteiger partial charge in [0.05, 0.1) is 4.47 Å². The van der Waals surface area contributed by atoms with Gasteiger partial charge in [-0.25, -0.2) is 4.98 Å². The van der Waals surface area contributed by atoms with Crippen molar-refractivity contribution >= 4 is 33.4 Å². The lowest BCUT2D eigenvalue weighted by molar-refractivity contribution is 0.931. The molecule has 1 N–H and O–H groups in total. The second kappa shape index (κ2) is 7.41. The average molecular weight is 349 g/mol. The molecule has 0 saturated heterocycles. The summed E-state index contributed by atoms with van der Waals surface area (Å²) in [6, 6.07) is 8.46. The van der Waals surface area contributed by atoms with Crippen molar-refractivity contribution < 1.29 is 0 Å². The van der Waals surface area contributed by atoms with E-state index in [4.69, 9.17) is 0 Å². The number of aromatic nitrogens is 2. The summed E-state index contributed by atoms with van der Waals surface area (Å²) in [6.07, 6.45) is 2.85. The van der Waals surface area contributed by atoms with Gasteiger partial charge in [0.1, 0.15) is 0 Å². The van der Waals surface area contributed by atoms with Crippen LogP contribution in [-0.2, 0) is 0 Å². The molecule has 5 heteroatoms. The lowest BCUT2D eigenvalue weighted by atomic mass is 10.2. The SMILES string of the molecule is CCCNc1ncc(Br)c(N(CC)c2ccc(C)cc2)n1. The van der Waals surface area contributed by atoms with E-state index in [2.05, 4.69) is 81.2 Å². The first-order valence-corrected chi connectivity index (χ1v) is 8.05. The summed E-state index contributed by atoms with van der Waals surface area (Å²) < 4.78 is 0.895. The molecule has 2 rings (SSSR count). The Morgan fingerprint density at radius 1 is 1.19 bits per heavy atom. The number of rotatable bonds is 6. The Balaban J connectivity index is 2.34. The minimum Gasteiger partial charge on any atom is -0.354 e. The van der Waals surface area contributed by atoms with Crippen LogP contribution in [0.25, 0.3) is 0 Å². The second-order valence-electron chi connectivity index (χ2n) is 4.87. The number of nitrogens with zero attached hydrogens (tertiary/aromatic N) is 3. The van der Waals surface area contributed by atoms with Crippen molar-refractivity contribution in [1.82, 2.24) is 9.97 Å². The molecule has 1 heterocycles. The third-order valence-electron chi connectivity index (χ3n) is 3.18. The van der Waals surface area contributed by atoms with Gasteiger partial charge in [-0.3, -0.25) is 0 Å². The molecule has 0 atom stereocenters. The van der Waals surface area contributed by atoms with Crippen molar-refractivity contribution in [2.45, 2.75) is 27.2 Å². The van der Waals surface area contributed by atoms with Gasteiger partial charge < -0.3 is 10.2 Å². The molecular weight excluding hydrogens is 328 g/mol. The van der Waals surface area contributed by atoms with Crippen LogP contribution >= 0.6 is 15.9 Å². The topological polar surface area (TPSA) is 41.1 Å². The van der Waals surface area contributed by atoms with E-state index in [0.717, 1.165) is 35.5 Å². The second-order valence-corrected chi connectivity index (χ2v) is 5.73. The molecule has 0 aliphatic carbocycles. The highest BCUT2D eigenvalue weighted by Gasteiger charge is 2.14. The molecule has 1 aromatic heterocycles. The first kappa shape index (κ1) is 15.8. The molecule has 0 radical (unpaired) electrons. The van der Waals surface area contributed by atoms with Crippen LogP contribution in [-0.4, -0.2) is 23.1 Å². The number of benzene rings is 1. The molecule has 0 aliphatic rings. The quantitative estimate of drug-likeness (QED) is 0.832. The average Bonchev–Trinajstić information content (AvgIpc) is 2.50. The van der Waals surface area contributed by atoms with Gasteiger partial charge in [0.2, 0.25) is 5.95 Å². The summed E-state index contributed by atoms with van der Waals surface area (Å²) in [7, 11) is 0.